The van der Waals surface area contributed by atoms with Crippen molar-refractivity contribution in [2.45, 2.75) is 20.5 Å². The van der Waals surface area contributed by atoms with Gasteiger partial charge in [0.05, 0.1) is 38.1 Å². The molecule has 0 radical (unpaired) electrons. The van der Waals surface area contributed by atoms with Gasteiger partial charge in [0.1, 0.15) is 6.61 Å². The number of aryl methyl sites for hydroxylation is 2. The first-order valence-electron chi connectivity index (χ1n) is 12.0. The second-order valence-corrected chi connectivity index (χ2v) is 9.87. The molecule has 4 rings (SSSR count). The van der Waals surface area contributed by atoms with E-state index in [0.717, 1.165) is 22.3 Å². The molecule has 40 heavy (non-hydrogen) atoms. The molecule has 0 aromatic heterocycles. The third kappa shape index (κ3) is 6.60. The number of nitrogens with one attached hydrogen (secondary N) is 2. The Morgan fingerprint density at radius 1 is 0.700 bits per heavy atom. The molecule has 0 saturated heterocycles. The van der Waals surface area contributed by atoms with Crippen LogP contribution in [0, 0.1) is 13.8 Å². The topological polar surface area (TPSA) is 125 Å². The standard InChI is InChI=1S/C30H24Cl2N2O6/c1-16-3-5-20(22(11-16)29(36)37)15-40-34-27-10-7-19(14-25(27)32)18-6-9-26(24(31)13-18)33-28(35)21-8-4-17(2)12-23(21)30(38)39/h3-14,34H,15H2,1-2H3,(H,33,35)(H,36,37)(H,38,39). The summed E-state index contributed by atoms with van der Waals surface area (Å²) in [6.07, 6.45) is 0. The number of carbonyl (C=O) groups excluding carboxylic acids is 1. The number of rotatable bonds is 9. The van der Waals surface area contributed by atoms with E-state index in [2.05, 4.69) is 10.8 Å². The Hall–Kier alpha value is -4.37. The summed E-state index contributed by atoms with van der Waals surface area (Å²) in [4.78, 5) is 41.4. The summed E-state index contributed by atoms with van der Waals surface area (Å²) in [6.45, 7) is 3.57. The van der Waals surface area contributed by atoms with Gasteiger partial charge < -0.3 is 15.5 Å². The fourth-order valence-corrected chi connectivity index (χ4v) is 4.45. The van der Waals surface area contributed by atoms with Crippen LogP contribution in [0.4, 0.5) is 11.4 Å². The van der Waals surface area contributed by atoms with Crippen LogP contribution in [0.5, 0.6) is 0 Å². The lowest BCUT2D eigenvalue weighted by Gasteiger charge is -2.13. The van der Waals surface area contributed by atoms with E-state index in [0.29, 0.717) is 22.0 Å². The first-order valence-corrected chi connectivity index (χ1v) is 12.7. The highest BCUT2D eigenvalue weighted by atomic mass is 35.5. The van der Waals surface area contributed by atoms with Crippen LogP contribution in [0.15, 0.2) is 72.8 Å². The summed E-state index contributed by atoms with van der Waals surface area (Å²) >= 11 is 12.9. The zero-order chi connectivity index (χ0) is 29.0. The van der Waals surface area contributed by atoms with Crippen molar-refractivity contribution in [3.8, 4) is 11.1 Å². The van der Waals surface area contributed by atoms with Crippen LogP contribution in [0.25, 0.3) is 11.1 Å². The van der Waals surface area contributed by atoms with Gasteiger partial charge in [0.25, 0.3) is 5.91 Å². The van der Waals surface area contributed by atoms with Gasteiger partial charge in [-0.05, 0) is 73.0 Å². The van der Waals surface area contributed by atoms with E-state index in [9.17, 15) is 24.6 Å². The highest BCUT2D eigenvalue weighted by molar-refractivity contribution is 6.34. The average molecular weight is 579 g/mol. The van der Waals surface area contributed by atoms with Gasteiger partial charge in [-0.3, -0.25) is 15.1 Å². The number of benzene rings is 4. The van der Waals surface area contributed by atoms with E-state index in [-0.39, 0.29) is 28.3 Å². The maximum atomic E-state index is 12.8. The van der Waals surface area contributed by atoms with Crippen molar-refractivity contribution in [2.24, 2.45) is 0 Å². The third-order valence-electron chi connectivity index (χ3n) is 6.08. The SMILES string of the molecule is Cc1ccc(CONc2ccc(-c3ccc(NC(=O)c4ccc(C)cc4C(=O)O)c(Cl)c3)cc2Cl)c(C(=O)O)c1. The van der Waals surface area contributed by atoms with Crippen molar-refractivity contribution in [2.75, 3.05) is 10.8 Å². The average Bonchev–Trinajstić information content (AvgIpc) is 2.91. The summed E-state index contributed by atoms with van der Waals surface area (Å²) in [5.74, 6) is -2.82. The fourth-order valence-electron chi connectivity index (χ4n) is 4.00. The molecule has 1 amide bonds. The number of hydrogen-bond acceptors (Lipinski definition) is 5. The normalized spacial score (nSPS) is 10.7. The number of carboxylic acids is 2. The molecular weight excluding hydrogens is 555 g/mol. The second-order valence-electron chi connectivity index (χ2n) is 9.05. The van der Waals surface area contributed by atoms with Gasteiger partial charge in [0.15, 0.2) is 0 Å². The van der Waals surface area contributed by atoms with E-state index in [1.54, 1.807) is 61.5 Å². The quantitative estimate of drug-likeness (QED) is 0.152. The van der Waals surface area contributed by atoms with Crippen molar-refractivity contribution in [1.29, 1.82) is 0 Å². The molecule has 0 saturated carbocycles. The van der Waals surface area contributed by atoms with Gasteiger partial charge in [-0.2, -0.15) is 0 Å². The molecule has 0 spiro atoms. The van der Waals surface area contributed by atoms with E-state index >= 15 is 0 Å². The van der Waals surface area contributed by atoms with Crippen LogP contribution >= 0.6 is 23.2 Å². The molecule has 0 aliphatic heterocycles. The number of aromatic carboxylic acids is 2. The molecule has 8 nitrogen and oxygen atoms in total. The molecule has 0 aliphatic rings. The fraction of sp³-hybridized carbons (Fsp3) is 0.100. The molecular formula is C30H24Cl2N2O6. The first-order chi connectivity index (χ1) is 19.0. The van der Waals surface area contributed by atoms with Gasteiger partial charge in [0, 0.05) is 0 Å². The van der Waals surface area contributed by atoms with Gasteiger partial charge in [-0.25, -0.2) is 9.59 Å². The zero-order valence-corrected chi connectivity index (χ0v) is 22.9. The number of carbonyl (C=O) groups is 3. The Labute approximate surface area is 240 Å². The highest BCUT2D eigenvalue weighted by Crippen LogP contribution is 2.33. The molecule has 4 aromatic rings. The number of hydrogen-bond donors (Lipinski definition) is 4. The van der Waals surface area contributed by atoms with Crippen molar-refractivity contribution in [3.63, 3.8) is 0 Å². The number of anilines is 2. The van der Waals surface area contributed by atoms with Gasteiger partial charge in [0.2, 0.25) is 0 Å². The Balaban J connectivity index is 1.45. The van der Waals surface area contributed by atoms with Gasteiger partial charge in [-0.15, -0.1) is 0 Å². The predicted octanol–water partition coefficient (Wildman–Crippen LogP) is 7.47. The van der Waals surface area contributed by atoms with Crippen LogP contribution in [0.1, 0.15) is 47.8 Å². The number of carboxylic acid groups (broad SMARTS) is 2. The molecule has 0 bridgehead atoms. The minimum Gasteiger partial charge on any atom is -0.478 e. The molecule has 10 heteroatoms. The van der Waals surface area contributed by atoms with Crippen LogP contribution < -0.4 is 10.8 Å². The summed E-state index contributed by atoms with van der Waals surface area (Å²) in [5, 5.41) is 22.1. The van der Waals surface area contributed by atoms with Gasteiger partial charge in [-0.1, -0.05) is 64.7 Å². The van der Waals surface area contributed by atoms with E-state index in [1.165, 1.54) is 12.1 Å². The largest absolute Gasteiger partial charge is 0.478 e. The monoisotopic (exact) mass is 578 g/mol. The van der Waals surface area contributed by atoms with Crippen LogP contribution in [0.2, 0.25) is 10.0 Å². The minimum absolute atomic E-state index is 0.0132. The second kappa shape index (κ2) is 12.2. The van der Waals surface area contributed by atoms with E-state index in [1.807, 2.05) is 13.0 Å². The van der Waals surface area contributed by atoms with Crippen LogP contribution in [0.3, 0.4) is 0 Å². The summed E-state index contributed by atoms with van der Waals surface area (Å²) in [7, 11) is 0. The molecule has 0 aliphatic carbocycles. The predicted molar refractivity (Wildman–Crippen MR) is 155 cm³/mol. The van der Waals surface area contributed by atoms with E-state index < -0.39 is 17.8 Å². The molecule has 4 aromatic carbocycles. The van der Waals surface area contributed by atoms with Crippen molar-refractivity contribution in [1.82, 2.24) is 0 Å². The Bertz CT molecular complexity index is 1640. The molecule has 4 N–H and O–H groups in total. The summed E-state index contributed by atoms with van der Waals surface area (Å²) < 4.78 is 0. The molecule has 0 fully saturated rings. The van der Waals surface area contributed by atoms with Gasteiger partial charge >= 0.3 is 11.9 Å². The number of amides is 1. The maximum Gasteiger partial charge on any atom is 0.336 e. The zero-order valence-electron chi connectivity index (χ0n) is 21.4. The van der Waals surface area contributed by atoms with Crippen molar-refractivity contribution < 1.29 is 29.4 Å². The highest BCUT2D eigenvalue weighted by Gasteiger charge is 2.18. The Morgan fingerprint density at radius 2 is 1.25 bits per heavy atom. The Morgan fingerprint density at radius 3 is 1.82 bits per heavy atom. The smallest absolute Gasteiger partial charge is 0.336 e. The molecule has 0 unspecified atom stereocenters. The summed E-state index contributed by atoms with van der Waals surface area (Å²) in [5.41, 5.74) is 7.20. The minimum atomic E-state index is -1.20. The third-order valence-corrected chi connectivity index (χ3v) is 6.70. The lowest BCUT2D eigenvalue weighted by atomic mass is 10.0. The maximum absolute atomic E-state index is 12.8. The molecule has 0 atom stereocenters. The first kappa shape index (κ1) is 28.6. The lowest BCUT2D eigenvalue weighted by molar-refractivity contribution is 0.0682. The lowest BCUT2D eigenvalue weighted by Crippen LogP contribution is -2.16. The van der Waals surface area contributed by atoms with Crippen LogP contribution in [-0.4, -0.2) is 28.1 Å². The van der Waals surface area contributed by atoms with Crippen LogP contribution in [-0.2, 0) is 11.4 Å². The Kier molecular flexibility index (Phi) is 8.74. The van der Waals surface area contributed by atoms with E-state index in [4.69, 9.17) is 28.0 Å². The summed E-state index contributed by atoms with van der Waals surface area (Å²) in [6, 6.07) is 19.9. The van der Waals surface area contributed by atoms with Crippen molar-refractivity contribution >= 4 is 52.4 Å². The number of halogens is 2. The molecule has 204 valence electrons. The molecule has 0 heterocycles. The van der Waals surface area contributed by atoms with Crippen molar-refractivity contribution in [3.05, 3.63) is 116 Å².